The van der Waals surface area contributed by atoms with Gasteiger partial charge in [-0.05, 0) is 65.8 Å². The highest BCUT2D eigenvalue weighted by Gasteiger charge is 2.23. The van der Waals surface area contributed by atoms with E-state index in [4.69, 9.17) is 9.47 Å². The second-order valence-corrected chi connectivity index (χ2v) is 8.45. The smallest absolute Gasteiger partial charge is 0.158 e. The zero-order valence-electron chi connectivity index (χ0n) is 19.5. The minimum Gasteiger partial charge on any atom is -0.494 e. The molecule has 1 fully saturated rings. The third-order valence-corrected chi connectivity index (χ3v) is 6.29. The number of fused-ring (bicyclic) bond motifs is 1. The summed E-state index contributed by atoms with van der Waals surface area (Å²) < 4.78 is 13.6. The van der Waals surface area contributed by atoms with Gasteiger partial charge in [-0.2, -0.15) is 5.10 Å². The van der Waals surface area contributed by atoms with Gasteiger partial charge in [-0.1, -0.05) is 0 Å². The molecule has 2 aromatic heterocycles. The molecule has 166 valence electrons. The summed E-state index contributed by atoms with van der Waals surface area (Å²) >= 11 is 0. The molecule has 0 saturated carbocycles. The molecule has 31 heavy (non-hydrogen) atoms. The standard InChI is InChI=1S/C24H33N5O2/c1-7-31-19-8-9-20(21(12-19)30-6)29-16(3)22-15(2)26-27-24(23(22)17(29)4)25-13-18-10-11-28(5)14-18/h8-9,12,18H,7,10-11,13-14H2,1-6H3,(H,25,27). The van der Waals surface area contributed by atoms with Crippen molar-refractivity contribution in [1.29, 1.82) is 0 Å². The van der Waals surface area contributed by atoms with Crippen LogP contribution < -0.4 is 14.8 Å². The molecule has 7 heteroatoms. The second kappa shape index (κ2) is 8.75. The summed E-state index contributed by atoms with van der Waals surface area (Å²) in [6.07, 6.45) is 1.22. The van der Waals surface area contributed by atoms with Crippen LogP contribution in [0.25, 0.3) is 16.5 Å². The van der Waals surface area contributed by atoms with E-state index in [1.165, 1.54) is 6.42 Å². The van der Waals surface area contributed by atoms with Gasteiger partial charge in [0.15, 0.2) is 5.82 Å². The predicted molar refractivity (Wildman–Crippen MR) is 125 cm³/mol. The highest BCUT2D eigenvalue weighted by atomic mass is 16.5. The fourth-order valence-corrected chi connectivity index (χ4v) is 4.81. The first-order valence-corrected chi connectivity index (χ1v) is 11.0. The quantitative estimate of drug-likeness (QED) is 0.617. The van der Waals surface area contributed by atoms with Gasteiger partial charge in [0.2, 0.25) is 0 Å². The van der Waals surface area contributed by atoms with E-state index in [2.05, 4.69) is 51.9 Å². The second-order valence-electron chi connectivity index (χ2n) is 8.45. The van der Waals surface area contributed by atoms with Gasteiger partial charge >= 0.3 is 0 Å². The van der Waals surface area contributed by atoms with Gasteiger partial charge in [-0.15, -0.1) is 5.10 Å². The van der Waals surface area contributed by atoms with Crippen LogP contribution >= 0.6 is 0 Å². The summed E-state index contributed by atoms with van der Waals surface area (Å²) in [5, 5.41) is 14.9. The molecule has 1 aliphatic rings. The van der Waals surface area contributed by atoms with Crippen molar-refractivity contribution in [3.63, 3.8) is 0 Å². The average molecular weight is 424 g/mol. The van der Waals surface area contributed by atoms with Crippen molar-refractivity contribution in [2.24, 2.45) is 5.92 Å². The maximum Gasteiger partial charge on any atom is 0.158 e. The van der Waals surface area contributed by atoms with E-state index < -0.39 is 0 Å². The molecular weight excluding hydrogens is 390 g/mol. The Morgan fingerprint density at radius 1 is 1.13 bits per heavy atom. The van der Waals surface area contributed by atoms with E-state index in [1.54, 1.807) is 7.11 Å². The Bertz CT molecular complexity index is 1090. The van der Waals surface area contributed by atoms with E-state index in [-0.39, 0.29) is 0 Å². The number of methoxy groups -OCH3 is 1. The molecule has 4 rings (SSSR count). The number of anilines is 1. The zero-order valence-corrected chi connectivity index (χ0v) is 19.5. The largest absolute Gasteiger partial charge is 0.494 e. The molecular formula is C24H33N5O2. The minimum atomic E-state index is 0.621. The van der Waals surface area contributed by atoms with Gasteiger partial charge in [0, 0.05) is 41.3 Å². The maximum absolute atomic E-state index is 5.73. The molecule has 1 aliphatic heterocycles. The topological polar surface area (TPSA) is 64.4 Å². The van der Waals surface area contributed by atoms with Crippen LogP contribution in [0, 0.1) is 26.7 Å². The number of ether oxygens (including phenoxy) is 2. The number of hydrogen-bond donors (Lipinski definition) is 1. The molecule has 0 bridgehead atoms. The Kier molecular flexibility index (Phi) is 6.05. The third kappa shape index (κ3) is 3.94. The van der Waals surface area contributed by atoms with Gasteiger partial charge < -0.3 is 24.3 Å². The molecule has 7 nitrogen and oxygen atoms in total. The monoisotopic (exact) mass is 423 g/mol. The maximum atomic E-state index is 5.73. The zero-order chi connectivity index (χ0) is 22.1. The molecule has 1 aromatic carbocycles. The van der Waals surface area contributed by atoms with E-state index in [0.29, 0.717) is 12.5 Å². The normalized spacial score (nSPS) is 16.8. The SMILES string of the molecule is CCOc1ccc(-n2c(C)c3c(C)nnc(NCC4CCN(C)C4)c3c2C)c(OC)c1. The third-order valence-electron chi connectivity index (χ3n) is 6.29. The lowest BCUT2D eigenvalue weighted by Crippen LogP contribution is -2.19. The van der Waals surface area contributed by atoms with Crippen LogP contribution in [-0.2, 0) is 0 Å². The number of rotatable bonds is 7. The average Bonchev–Trinajstić information content (AvgIpc) is 3.29. The van der Waals surface area contributed by atoms with Gasteiger partial charge in [-0.3, -0.25) is 0 Å². The first-order chi connectivity index (χ1) is 14.9. The highest BCUT2D eigenvalue weighted by Crippen LogP contribution is 2.37. The molecule has 0 amide bonds. The number of aromatic nitrogens is 3. The number of nitrogens with one attached hydrogen (secondary N) is 1. The van der Waals surface area contributed by atoms with Crippen molar-refractivity contribution in [1.82, 2.24) is 19.7 Å². The lowest BCUT2D eigenvalue weighted by atomic mass is 10.1. The molecule has 0 radical (unpaired) electrons. The number of nitrogens with zero attached hydrogens (tertiary/aromatic N) is 4. The Balaban J connectivity index is 1.78. The molecule has 1 N–H and O–H groups in total. The molecule has 1 saturated heterocycles. The first-order valence-electron chi connectivity index (χ1n) is 11.0. The fraction of sp³-hybridized carbons (Fsp3) is 0.500. The minimum absolute atomic E-state index is 0.621. The fourth-order valence-electron chi connectivity index (χ4n) is 4.81. The van der Waals surface area contributed by atoms with E-state index in [1.807, 2.05) is 26.0 Å². The summed E-state index contributed by atoms with van der Waals surface area (Å²) in [4.78, 5) is 2.38. The van der Waals surface area contributed by atoms with Crippen molar-refractivity contribution in [2.75, 3.05) is 45.7 Å². The molecule has 1 atom stereocenters. The summed E-state index contributed by atoms with van der Waals surface area (Å²) in [6, 6.07) is 5.99. The Labute approximate surface area is 184 Å². The lowest BCUT2D eigenvalue weighted by molar-refractivity contribution is 0.336. The lowest BCUT2D eigenvalue weighted by Gasteiger charge is -2.15. The number of hydrogen-bond acceptors (Lipinski definition) is 6. The molecule has 0 aliphatic carbocycles. The van der Waals surface area contributed by atoms with Gasteiger partial charge in [-0.25, -0.2) is 0 Å². The Morgan fingerprint density at radius 3 is 2.58 bits per heavy atom. The Hall–Kier alpha value is -2.80. The van der Waals surface area contributed by atoms with Crippen molar-refractivity contribution < 1.29 is 9.47 Å². The summed E-state index contributed by atoms with van der Waals surface area (Å²) in [6.45, 7) is 12.1. The van der Waals surface area contributed by atoms with Crippen molar-refractivity contribution in [3.8, 4) is 17.2 Å². The van der Waals surface area contributed by atoms with Crippen LogP contribution in [0.1, 0.15) is 30.4 Å². The van der Waals surface area contributed by atoms with Crippen LogP contribution in [0.2, 0.25) is 0 Å². The van der Waals surface area contributed by atoms with Gasteiger partial charge in [0.05, 0.1) is 25.1 Å². The number of benzene rings is 1. The van der Waals surface area contributed by atoms with Crippen LogP contribution in [0.3, 0.4) is 0 Å². The molecule has 3 heterocycles. The van der Waals surface area contributed by atoms with Crippen molar-refractivity contribution in [2.45, 2.75) is 34.1 Å². The van der Waals surface area contributed by atoms with Crippen molar-refractivity contribution in [3.05, 3.63) is 35.3 Å². The van der Waals surface area contributed by atoms with E-state index in [9.17, 15) is 0 Å². The Morgan fingerprint density at radius 2 is 1.90 bits per heavy atom. The number of likely N-dealkylation sites (tertiary alicyclic amines) is 1. The van der Waals surface area contributed by atoms with Crippen LogP contribution in [0.5, 0.6) is 11.5 Å². The summed E-state index contributed by atoms with van der Waals surface area (Å²) in [5.74, 6) is 3.08. The summed E-state index contributed by atoms with van der Waals surface area (Å²) in [5.41, 5.74) is 4.18. The molecule has 3 aromatic rings. The molecule has 1 unspecified atom stereocenters. The van der Waals surface area contributed by atoms with Gasteiger partial charge in [0.1, 0.15) is 11.5 Å². The van der Waals surface area contributed by atoms with Crippen LogP contribution in [-0.4, -0.2) is 60.1 Å². The predicted octanol–water partition coefficient (Wildman–Crippen LogP) is 4.12. The van der Waals surface area contributed by atoms with Crippen LogP contribution in [0.4, 0.5) is 5.82 Å². The summed E-state index contributed by atoms with van der Waals surface area (Å²) in [7, 11) is 3.88. The van der Waals surface area contributed by atoms with E-state index >= 15 is 0 Å². The van der Waals surface area contributed by atoms with E-state index in [0.717, 1.165) is 70.5 Å². The van der Waals surface area contributed by atoms with Gasteiger partial charge in [0.25, 0.3) is 0 Å². The highest BCUT2D eigenvalue weighted by molar-refractivity contribution is 5.98. The number of aryl methyl sites for hydroxylation is 3. The first kappa shape index (κ1) is 21.4. The van der Waals surface area contributed by atoms with Crippen molar-refractivity contribution >= 4 is 16.6 Å². The van der Waals surface area contributed by atoms with Crippen LogP contribution in [0.15, 0.2) is 18.2 Å². The molecule has 0 spiro atoms.